The van der Waals surface area contributed by atoms with Crippen molar-refractivity contribution in [2.75, 3.05) is 0 Å². The van der Waals surface area contributed by atoms with E-state index in [1.807, 2.05) is 0 Å². The second-order valence-electron chi connectivity index (χ2n) is 22.9. The Morgan fingerprint density at radius 3 is 0.486 bits per heavy atom. The van der Waals surface area contributed by atoms with E-state index in [1.165, 1.54) is 0 Å². The van der Waals surface area contributed by atoms with Crippen LogP contribution >= 0.6 is 94.1 Å². The molecule has 0 saturated carbocycles. The molecule has 8 nitrogen and oxygen atoms in total. The van der Waals surface area contributed by atoms with E-state index in [4.69, 9.17) is 39.9 Å². The van der Waals surface area contributed by atoms with Crippen molar-refractivity contribution in [1.82, 2.24) is 39.9 Å². The standard InChI is InChI=1S/C80H40F8N8S8.Zn/c81-57-49-50(58(82)66(98-42-27-11-2-12-28-42)65(57)97-41-25-9-1-10-26-41)74-89-73(49)93-75-51-52(60(84)68(100-44-31-15-4-16-32-44)67(59(51)83)99-43-29-13-3-14-30-43)77(90-75)95-79-55-56(64(88)72(104-48-39-23-8-24-40-48)71(63(55)87)103-47-37-21-7-22-38-47)80(92-79)96-78-54-53(76(91-78)94-74)61(85)69(101-45-33-17-5-18-34-45)70(62(54)86)102-46-35-19-6-20-36-46;/h1-40H;/q-2;+2. The Labute approximate surface area is 640 Å². The first-order valence-electron chi connectivity index (χ1n) is 31.6. The topological polar surface area (TPSA) is 106 Å². The molecule has 0 N–H and O–H groups in total. The molecule has 2 aliphatic rings. The first-order valence-corrected chi connectivity index (χ1v) is 38.2. The van der Waals surface area contributed by atoms with Gasteiger partial charge in [-0.1, -0.05) is 240 Å². The van der Waals surface area contributed by atoms with E-state index in [1.54, 1.807) is 243 Å². The molecule has 12 aromatic carbocycles. The summed E-state index contributed by atoms with van der Waals surface area (Å²) in [6, 6.07) is 69.1. The quantitative estimate of drug-likeness (QED) is 0.0676. The van der Waals surface area contributed by atoms with Crippen molar-refractivity contribution >= 4 is 138 Å². The minimum Gasteiger partial charge on any atom is -0.357 e. The molecule has 0 atom stereocenters. The van der Waals surface area contributed by atoms with Gasteiger partial charge in [-0.2, -0.15) is 0 Å². The van der Waals surface area contributed by atoms with Gasteiger partial charge in [0, 0.05) is 83.3 Å². The summed E-state index contributed by atoms with van der Waals surface area (Å²) in [5.41, 5.74) is -5.20. The monoisotopic (exact) mass is 1580 g/mol. The van der Waals surface area contributed by atoms with Crippen molar-refractivity contribution in [1.29, 1.82) is 0 Å². The average Bonchev–Trinajstić information content (AvgIpc) is 1.58. The van der Waals surface area contributed by atoms with Gasteiger partial charge >= 0.3 is 19.5 Å². The number of hydrogen-bond acceptors (Lipinski definition) is 14. The van der Waals surface area contributed by atoms with Gasteiger partial charge in [-0.05, 0) is 97.1 Å². The van der Waals surface area contributed by atoms with Crippen molar-refractivity contribution in [2.24, 2.45) is 0 Å². The van der Waals surface area contributed by atoms with Crippen LogP contribution in [0.15, 0.2) is 321 Å². The fourth-order valence-electron chi connectivity index (χ4n) is 11.7. The molecule has 105 heavy (non-hydrogen) atoms. The summed E-state index contributed by atoms with van der Waals surface area (Å²) < 4.78 is 152. The van der Waals surface area contributed by atoms with Crippen molar-refractivity contribution < 1.29 is 54.6 Å². The maximum Gasteiger partial charge on any atom is 2.00 e. The Hall–Kier alpha value is -9.14. The zero-order chi connectivity index (χ0) is 70.7. The third kappa shape index (κ3) is 13.4. The minimum absolute atomic E-state index is 0. The molecule has 0 spiro atoms. The van der Waals surface area contributed by atoms with Crippen molar-refractivity contribution in [3.63, 3.8) is 0 Å². The third-order valence-corrected chi connectivity index (χ3v) is 25.6. The van der Waals surface area contributed by atoms with Crippen LogP contribution in [-0.2, 0) is 19.5 Å². The Kier molecular flexibility index (Phi) is 20.1. The molecule has 25 heteroatoms. The van der Waals surface area contributed by atoms with Crippen LogP contribution in [-0.4, -0.2) is 29.9 Å². The van der Waals surface area contributed by atoms with Crippen molar-refractivity contribution in [3.05, 3.63) is 289 Å². The number of hydrogen-bond donors (Lipinski definition) is 0. The van der Waals surface area contributed by atoms with Crippen LogP contribution in [0.25, 0.3) is 89.7 Å². The molecule has 0 radical (unpaired) electrons. The molecular weight excluding hydrogens is 1550 g/mol. The van der Waals surface area contributed by atoms with Gasteiger partial charge in [0.2, 0.25) is 0 Å². The molecule has 506 valence electrons. The van der Waals surface area contributed by atoms with Crippen molar-refractivity contribution in [3.8, 4) is 45.6 Å². The molecule has 5 heterocycles. The third-order valence-electron chi connectivity index (χ3n) is 16.4. The van der Waals surface area contributed by atoms with E-state index >= 15 is 35.1 Å². The Bertz CT molecular complexity index is 5360. The number of halogens is 8. The second-order valence-corrected chi connectivity index (χ2v) is 31.6. The van der Waals surface area contributed by atoms with Crippen LogP contribution in [0.3, 0.4) is 0 Å². The Balaban J connectivity index is 0.00000847. The van der Waals surface area contributed by atoms with Gasteiger partial charge in [0.05, 0.1) is 84.7 Å². The first kappa shape index (κ1) is 70.2. The summed E-state index contributed by atoms with van der Waals surface area (Å²) in [7, 11) is 0. The predicted molar refractivity (Wildman–Crippen MR) is 398 cm³/mol. The van der Waals surface area contributed by atoms with Crippen LogP contribution in [0.2, 0.25) is 0 Å². The number of rotatable bonds is 16. The Morgan fingerprint density at radius 1 is 0.190 bits per heavy atom. The SMILES string of the molecule is Fc1c(Sc2ccccc2)c(Sc2ccccc2)c(F)c2c1-c1nc-2nc2[n-]c(nc3nc(nc4[n-]c(n1)c1c(F)c(Sc5ccccc5)c(Sc5ccccc5)c(F)c41)-c1c(F)c(Sc4ccccc4)c(Sc4ccccc4)c(F)c1-3)c1c(F)c(Sc3ccccc3)c(Sc3ccccc3)c(F)c21.[Zn+2]. The largest absolute Gasteiger partial charge is 2.00 e. The zero-order valence-electron chi connectivity index (χ0n) is 53.7. The molecular formula is C80H40F8N8S8Zn. The van der Waals surface area contributed by atoms with Gasteiger partial charge < -0.3 is 29.9 Å². The van der Waals surface area contributed by atoms with E-state index in [9.17, 15) is 0 Å². The maximum atomic E-state index is 19.0. The number of fused-ring (bicyclic) bond motifs is 20. The normalized spacial score (nSPS) is 11.7. The second kappa shape index (κ2) is 30.0. The molecule has 17 rings (SSSR count). The van der Waals surface area contributed by atoms with E-state index in [2.05, 4.69) is 0 Å². The van der Waals surface area contributed by atoms with E-state index < -0.39 is 136 Å². The number of benzene rings is 12. The van der Waals surface area contributed by atoms with Crippen LogP contribution in [0.5, 0.6) is 0 Å². The van der Waals surface area contributed by atoms with Gasteiger partial charge in [-0.3, -0.25) is 0 Å². The van der Waals surface area contributed by atoms with Gasteiger partial charge in [-0.15, -0.1) is 0 Å². The van der Waals surface area contributed by atoms with Crippen LogP contribution in [0, 0.1) is 46.5 Å². The molecule has 0 amide bonds. The van der Waals surface area contributed by atoms with Crippen LogP contribution in [0.1, 0.15) is 0 Å². The van der Waals surface area contributed by atoms with Crippen LogP contribution in [0.4, 0.5) is 35.1 Å². The number of nitrogens with zero attached hydrogens (tertiary/aromatic N) is 8. The molecule has 0 saturated heterocycles. The first-order chi connectivity index (χ1) is 50.9. The van der Waals surface area contributed by atoms with Gasteiger partial charge in [0.15, 0.2) is 0 Å². The summed E-state index contributed by atoms with van der Waals surface area (Å²) in [5.74, 6) is -11.4. The molecule has 0 unspecified atom stereocenters. The molecule has 0 fully saturated rings. The summed E-state index contributed by atoms with van der Waals surface area (Å²) >= 11 is 7.13. The molecule has 0 aliphatic carbocycles. The average molecular weight is 1590 g/mol. The summed E-state index contributed by atoms with van der Waals surface area (Å²) in [6.07, 6.45) is 0. The van der Waals surface area contributed by atoms with Crippen LogP contribution < -0.4 is 9.97 Å². The molecule has 2 aliphatic heterocycles. The summed E-state index contributed by atoms with van der Waals surface area (Å²) in [4.78, 5) is 40.5. The fraction of sp³-hybridized carbons (Fsp3) is 0. The zero-order valence-corrected chi connectivity index (χ0v) is 63.2. The smallest absolute Gasteiger partial charge is 0.357 e. The van der Waals surface area contributed by atoms with E-state index in [-0.39, 0.29) is 58.6 Å². The molecule has 15 aromatic rings. The minimum atomic E-state index is -1.09. The van der Waals surface area contributed by atoms with Gasteiger partial charge in [0.1, 0.15) is 46.5 Å². The molecule has 8 bridgehead atoms. The summed E-state index contributed by atoms with van der Waals surface area (Å²) in [6.45, 7) is 0. The Morgan fingerprint density at radius 2 is 0.333 bits per heavy atom. The van der Waals surface area contributed by atoms with Gasteiger partial charge in [0.25, 0.3) is 0 Å². The molecule has 3 aromatic heterocycles. The van der Waals surface area contributed by atoms with E-state index in [0.717, 1.165) is 94.1 Å². The number of aromatic nitrogens is 8. The van der Waals surface area contributed by atoms with Crippen molar-refractivity contribution in [2.45, 2.75) is 78.3 Å². The predicted octanol–water partition coefficient (Wildman–Crippen LogP) is 24.4. The fourth-order valence-corrected chi connectivity index (χ4v) is 20.0. The maximum absolute atomic E-state index is 19.0. The summed E-state index contributed by atoms with van der Waals surface area (Å²) in [5, 5.41) is -2.50. The van der Waals surface area contributed by atoms with E-state index in [0.29, 0.717) is 39.2 Å². The van der Waals surface area contributed by atoms with Gasteiger partial charge in [-0.25, -0.2) is 45.1 Å².